The van der Waals surface area contributed by atoms with Crippen molar-refractivity contribution < 1.29 is 19.1 Å². The fraction of sp³-hybridized carbons (Fsp3) is 0.385. The number of esters is 1. The average Bonchev–Trinajstić information content (AvgIpc) is 2.39. The third kappa shape index (κ3) is 3.78. The topological polar surface area (TPSA) is 93.9 Å². The molecule has 0 spiro atoms. The first-order valence-electron chi connectivity index (χ1n) is 5.92. The number of benzene rings is 1. The minimum Gasteiger partial charge on any atom is -0.495 e. The molecule has 0 heterocycles. The number of nitrogens with two attached hydrogens (primary N) is 1. The van der Waals surface area contributed by atoms with E-state index < -0.39 is 0 Å². The Morgan fingerprint density at radius 2 is 2.00 bits per heavy atom. The molecule has 3 N–H and O–H groups in total. The number of nitrogen functional groups attached to an aromatic ring is 1. The highest BCUT2D eigenvalue weighted by Crippen LogP contribution is 2.35. The van der Waals surface area contributed by atoms with Gasteiger partial charge in [0.25, 0.3) is 0 Å². The third-order valence-corrected chi connectivity index (χ3v) is 2.67. The average molecular weight is 281 g/mol. The molecule has 0 unspecified atom stereocenters. The van der Waals surface area contributed by atoms with Crippen molar-refractivity contribution in [2.45, 2.75) is 6.92 Å². The van der Waals surface area contributed by atoms with Crippen LogP contribution in [0.4, 0.5) is 17.1 Å². The number of methoxy groups -OCH3 is 2. The quantitative estimate of drug-likeness (QED) is 0.613. The van der Waals surface area contributed by atoms with Crippen molar-refractivity contribution in [1.82, 2.24) is 0 Å². The second kappa shape index (κ2) is 6.65. The lowest BCUT2D eigenvalue weighted by atomic mass is 10.2. The minimum absolute atomic E-state index is 0.0519. The van der Waals surface area contributed by atoms with Crippen LogP contribution >= 0.6 is 0 Å². The molecule has 0 radical (unpaired) electrons. The number of nitrogens with zero attached hydrogens (tertiary/aromatic N) is 1. The zero-order valence-electron chi connectivity index (χ0n) is 12.0. The van der Waals surface area contributed by atoms with E-state index >= 15 is 0 Å². The molecule has 1 amide bonds. The van der Waals surface area contributed by atoms with Crippen LogP contribution in [0.15, 0.2) is 12.1 Å². The van der Waals surface area contributed by atoms with Crippen LogP contribution in [0.5, 0.6) is 5.75 Å². The number of likely N-dealkylation sites (N-methyl/N-ethyl adjacent to an activating group) is 1. The summed E-state index contributed by atoms with van der Waals surface area (Å²) in [6.07, 6.45) is 0. The number of carbonyl (C=O) groups is 2. The number of carbonyl (C=O) groups excluding carboxylic acids is 2. The Hall–Kier alpha value is -2.44. The predicted molar refractivity (Wildman–Crippen MR) is 77.0 cm³/mol. The first-order valence-corrected chi connectivity index (χ1v) is 5.92. The lowest BCUT2D eigenvalue weighted by Gasteiger charge is -2.22. The zero-order chi connectivity index (χ0) is 15.3. The Morgan fingerprint density at radius 1 is 1.35 bits per heavy atom. The lowest BCUT2D eigenvalue weighted by Crippen LogP contribution is -2.27. The molecule has 0 aromatic heterocycles. The van der Waals surface area contributed by atoms with E-state index in [0.717, 1.165) is 0 Å². The third-order valence-electron chi connectivity index (χ3n) is 2.67. The Balaban J connectivity index is 3.14. The van der Waals surface area contributed by atoms with Crippen LogP contribution < -0.4 is 20.7 Å². The van der Waals surface area contributed by atoms with Gasteiger partial charge in [-0.05, 0) is 6.07 Å². The summed E-state index contributed by atoms with van der Waals surface area (Å²) in [6, 6.07) is 3.24. The number of amides is 1. The number of hydrogen-bond acceptors (Lipinski definition) is 6. The molecule has 0 aliphatic rings. The molecule has 0 fully saturated rings. The molecule has 1 aromatic carbocycles. The summed E-state index contributed by atoms with van der Waals surface area (Å²) in [6.45, 7) is 1.44. The lowest BCUT2D eigenvalue weighted by molar-refractivity contribution is -0.138. The van der Waals surface area contributed by atoms with E-state index in [-0.39, 0.29) is 18.4 Å². The SMILES string of the molecule is COC(=O)CN(C)c1cc(NC(C)=O)c(N)cc1OC. The summed E-state index contributed by atoms with van der Waals surface area (Å²) in [4.78, 5) is 24.1. The normalized spacial score (nSPS) is 9.80. The number of hydrogen-bond donors (Lipinski definition) is 2. The van der Waals surface area contributed by atoms with E-state index in [2.05, 4.69) is 10.1 Å². The number of ether oxygens (including phenoxy) is 2. The fourth-order valence-electron chi connectivity index (χ4n) is 1.69. The second-order valence-corrected chi connectivity index (χ2v) is 4.22. The Kier molecular flexibility index (Phi) is 5.19. The van der Waals surface area contributed by atoms with Gasteiger partial charge in [0.15, 0.2) is 0 Å². The smallest absolute Gasteiger partial charge is 0.325 e. The second-order valence-electron chi connectivity index (χ2n) is 4.22. The van der Waals surface area contributed by atoms with Crippen LogP contribution in [-0.2, 0) is 14.3 Å². The molecule has 0 saturated heterocycles. The Labute approximate surface area is 117 Å². The van der Waals surface area contributed by atoms with Crippen LogP contribution in [0.1, 0.15) is 6.92 Å². The van der Waals surface area contributed by atoms with Crippen molar-refractivity contribution in [3.8, 4) is 5.75 Å². The Morgan fingerprint density at radius 3 is 2.50 bits per heavy atom. The Bertz CT molecular complexity index is 517. The van der Waals surface area contributed by atoms with Crippen LogP contribution in [0.25, 0.3) is 0 Å². The van der Waals surface area contributed by atoms with E-state index in [1.165, 1.54) is 21.1 Å². The van der Waals surface area contributed by atoms with Gasteiger partial charge in [0.1, 0.15) is 12.3 Å². The maximum Gasteiger partial charge on any atom is 0.325 e. The molecule has 0 atom stereocenters. The minimum atomic E-state index is -0.382. The van der Waals surface area contributed by atoms with Gasteiger partial charge in [0, 0.05) is 20.0 Å². The summed E-state index contributed by atoms with van der Waals surface area (Å²) in [7, 11) is 4.53. The van der Waals surface area contributed by atoms with Gasteiger partial charge in [0.05, 0.1) is 31.3 Å². The van der Waals surface area contributed by atoms with Crippen LogP contribution in [0.3, 0.4) is 0 Å². The van der Waals surface area contributed by atoms with Gasteiger partial charge in [-0.25, -0.2) is 0 Å². The standard InChI is InChI=1S/C13H19N3O4/c1-8(17)15-10-6-11(12(19-3)5-9(10)14)16(2)7-13(18)20-4/h5-6H,7,14H2,1-4H3,(H,15,17). The summed E-state index contributed by atoms with van der Waals surface area (Å²) in [5.41, 5.74) is 7.30. The van der Waals surface area contributed by atoms with Gasteiger partial charge in [-0.1, -0.05) is 0 Å². The highest BCUT2D eigenvalue weighted by molar-refractivity contribution is 5.94. The van der Waals surface area contributed by atoms with Crippen molar-refractivity contribution in [3.05, 3.63) is 12.1 Å². The number of rotatable bonds is 5. The van der Waals surface area contributed by atoms with Crippen molar-refractivity contribution in [1.29, 1.82) is 0 Å². The summed E-state index contributed by atoms with van der Waals surface area (Å²) < 4.78 is 9.85. The fourth-order valence-corrected chi connectivity index (χ4v) is 1.69. The van der Waals surface area contributed by atoms with Gasteiger partial charge in [0.2, 0.25) is 5.91 Å². The van der Waals surface area contributed by atoms with Gasteiger partial charge < -0.3 is 25.4 Å². The van der Waals surface area contributed by atoms with Crippen molar-refractivity contribution >= 4 is 28.9 Å². The first kappa shape index (κ1) is 15.6. The molecule has 1 rings (SSSR count). The molecule has 110 valence electrons. The molecule has 20 heavy (non-hydrogen) atoms. The molecule has 7 nitrogen and oxygen atoms in total. The summed E-state index contributed by atoms with van der Waals surface area (Å²) in [5.74, 6) is -0.112. The van der Waals surface area contributed by atoms with Crippen molar-refractivity contribution in [2.75, 3.05) is 43.8 Å². The highest BCUT2D eigenvalue weighted by atomic mass is 16.5. The number of nitrogens with one attached hydrogen (secondary N) is 1. The molecule has 0 bridgehead atoms. The van der Waals surface area contributed by atoms with Crippen LogP contribution in [0.2, 0.25) is 0 Å². The predicted octanol–water partition coefficient (Wildman–Crippen LogP) is 0.845. The maximum atomic E-state index is 11.3. The summed E-state index contributed by atoms with van der Waals surface area (Å²) >= 11 is 0. The molecule has 0 saturated carbocycles. The first-order chi connectivity index (χ1) is 9.38. The van der Waals surface area contributed by atoms with Crippen molar-refractivity contribution in [2.24, 2.45) is 0 Å². The molecular weight excluding hydrogens is 262 g/mol. The van der Waals surface area contributed by atoms with E-state index in [0.29, 0.717) is 22.8 Å². The van der Waals surface area contributed by atoms with E-state index in [4.69, 9.17) is 10.5 Å². The summed E-state index contributed by atoms with van der Waals surface area (Å²) in [5, 5.41) is 2.62. The van der Waals surface area contributed by atoms with Gasteiger partial charge in [-0.15, -0.1) is 0 Å². The van der Waals surface area contributed by atoms with Gasteiger partial charge >= 0.3 is 5.97 Å². The van der Waals surface area contributed by atoms with E-state index in [1.54, 1.807) is 24.1 Å². The van der Waals surface area contributed by atoms with Gasteiger partial charge in [-0.3, -0.25) is 9.59 Å². The van der Waals surface area contributed by atoms with E-state index in [9.17, 15) is 9.59 Å². The van der Waals surface area contributed by atoms with Gasteiger partial charge in [-0.2, -0.15) is 0 Å². The van der Waals surface area contributed by atoms with Crippen LogP contribution in [0, 0.1) is 0 Å². The molecular formula is C13H19N3O4. The van der Waals surface area contributed by atoms with Crippen molar-refractivity contribution in [3.63, 3.8) is 0 Å². The molecule has 0 aliphatic heterocycles. The number of anilines is 3. The largest absolute Gasteiger partial charge is 0.495 e. The molecule has 7 heteroatoms. The maximum absolute atomic E-state index is 11.3. The highest BCUT2D eigenvalue weighted by Gasteiger charge is 2.15. The van der Waals surface area contributed by atoms with E-state index in [1.807, 2.05) is 0 Å². The monoisotopic (exact) mass is 281 g/mol. The zero-order valence-corrected chi connectivity index (χ0v) is 12.0. The van der Waals surface area contributed by atoms with Crippen LogP contribution in [-0.4, -0.2) is 39.7 Å². The molecule has 0 aliphatic carbocycles. The molecule has 1 aromatic rings.